The van der Waals surface area contributed by atoms with E-state index in [0.29, 0.717) is 5.84 Å². The van der Waals surface area contributed by atoms with Crippen molar-refractivity contribution in [2.24, 2.45) is 10.7 Å². The summed E-state index contributed by atoms with van der Waals surface area (Å²) in [5.41, 5.74) is 10.6. The van der Waals surface area contributed by atoms with Crippen LogP contribution in [0.2, 0.25) is 0 Å². The highest BCUT2D eigenvalue weighted by atomic mass is 15.1. The minimum atomic E-state index is 0.606. The van der Waals surface area contributed by atoms with Gasteiger partial charge in [0.2, 0.25) is 0 Å². The van der Waals surface area contributed by atoms with Gasteiger partial charge in [-0.1, -0.05) is 12.5 Å². The fourth-order valence-corrected chi connectivity index (χ4v) is 1.67. The van der Waals surface area contributed by atoms with Gasteiger partial charge < -0.3 is 11.1 Å². The maximum Gasteiger partial charge on any atom is 0.135 e. The molecule has 0 aliphatic carbocycles. The fraction of sp³-hybridized carbons (Fsp3) is 0.462. The number of aliphatic imine (C=N–C) groups is 1. The first-order valence-corrected chi connectivity index (χ1v) is 5.64. The molecule has 0 aromatic rings. The normalized spacial score (nSPS) is 18.3. The largest absolute Gasteiger partial charge is 0.383 e. The molecule has 1 aliphatic heterocycles. The zero-order chi connectivity index (χ0) is 12.3. The first-order valence-electron chi connectivity index (χ1n) is 5.64. The Balaban J connectivity index is 3.16. The summed E-state index contributed by atoms with van der Waals surface area (Å²) in [4.78, 5) is 4.36. The Labute approximate surface area is 97.8 Å². The fourth-order valence-electron chi connectivity index (χ4n) is 1.67. The van der Waals surface area contributed by atoms with Crippen molar-refractivity contribution in [2.75, 3.05) is 0 Å². The van der Waals surface area contributed by atoms with Gasteiger partial charge in [0.25, 0.3) is 0 Å². The molecule has 1 rings (SSSR count). The summed E-state index contributed by atoms with van der Waals surface area (Å²) in [5, 5.41) is 3.27. The van der Waals surface area contributed by atoms with Gasteiger partial charge in [0.05, 0.1) is 0 Å². The number of amidine groups is 1. The zero-order valence-corrected chi connectivity index (χ0v) is 10.8. The van der Waals surface area contributed by atoms with Crippen molar-refractivity contribution < 1.29 is 0 Å². The highest BCUT2D eigenvalue weighted by molar-refractivity contribution is 6.03. The van der Waals surface area contributed by atoms with Crippen LogP contribution in [0.4, 0.5) is 0 Å². The van der Waals surface area contributed by atoms with Crippen LogP contribution in [0.25, 0.3) is 0 Å². The van der Waals surface area contributed by atoms with Crippen molar-refractivity contribution in [3.05, 3.63) is 34.3 Å². The van der Waals surface area contributed by atoms with Crippen LogP contribution in [0, 0.1) is 0 Å². The summed E-state index contributed by atoms with van der Waals surface area (Å²) in [7, 11) is 0. The van der Waals surface area contributed by atoms with Gasteiger partial charge in [-0.15, -0.1) is 0 Å². The molecule has 0 saturated carbocycles. The maximum atomic E-state index is 6.01. The van der Waals surface area contributed by atoms with Gasteiger partial charge in [-0.25, -0.2) is 4.99 Å². The highest BCUT2D eigenvalue weighted by Crippen LogP contribution is 2.21. The average Bonchev–Trinajstić information content (AvgIpc) is 2.16. The summed E-state index contributed by atoms with van der Waals surface area (Å²) in [6.45, 7) is 10.4. The number of rotatable bonds is 2. The molecule has 3 nitrogen and oxygen atoms in total. The Morgan fingerprint density at radius 2 is 2.00 bits per heavy atom. The highest BCUT2D eigenvalue weighted by Gasteiger charge is 2.16. The minimum Gasteiger partial charge on any atom is -0.383 e. The predicted octanol–water partition coefficient (Wildman–Crippen LogP) is 2.83. The van der Waals surface area contributed by atoms with Crippen LogP contribution in [0.1, 0.15) is 41.0 Å². The van der Waals surface area contributed by atoms with Crippen molar-refractivity contribution in [3.8, 4) is 0 Å². The van der Waals surface area contributed by atoms with Crippen molar-refractivity contribution in [1.82, 2.24) is 5.32 Å². The molecule has 0 unspecified atom stereocenters. The van der Waals surface area contributed by atoms with Gasteiger partial charge in [0.1, 0.15) is 11.7 Å². The lowest BCUT2D eigenvalue weighted by Crippen LogP contribution is -2.28. The number of nitrogens with zero attached hydrogens (tertiary/aromatic N) is 1. The van der Waals surface area contributed by atoms with E-state index >= 15 is 0 Å². The van der Waals surface area contributed by atoms with Gasteiger partial charge in [-0.2, -0.15) is 0 Å². The number of hydrogen-bond donors (Lipinski definition) is 2. The molecule has 0 atom stereocenters. The van der Waals surface area contributed by atoms with Crippen LogP contribution < -0.4 is 11.1 Å². The van der Waals surface area contributed by atoms with Gasteiger partial charge in [0, 0.05) is 11.3 Å². The van der Waals surface area contributed by atoms with Crippen LogP contribution >= 0.6 is 0 Å². The molecule has 0 saturated heterocycles. The summed E-state index contributed by atoms with van der Waals surface area (Å²) in [5.74, 6) is 1.46. The molecule has 1 aliphatic rings. The lowest BCUT2D eigenvalue weighted by atomic mass is 9.99. The third-order valence-corrected chi connectivity index (χ3v) is 2.71. The maximum absolute atomic E-state index is 6.01. The molecule has 0 spiro atoms. The number of nitrogens with two attached hydrogens (primary N) is 1. The molecule has 0 radical (unpaired) electrons. The second-order valence-electron chi connectivity index (χ2n) is 4.24. The first kappa shape index (κ1) is 12.6. The molecule has 3 heteroatoms. The Bertz CT molecular complexity index is 405. The van der Waals surface area contributed by atoms with E-state index in [1.807, 2.05) is 13.0 Å². The summed E-state index contributed by atoms with van der Waals surface area (Å²) >= 11 is 0. The summed E-state index contributed by atoms with van der Waals surface area (Å²) < 4.78 is 0. The molecule has 0 aromatic carbocycles. The molecule has 3 N–H and O–H groups in total. The SMILES string of the molecule is CC/C=C1/N=C(N)C(C(C)=C(C)C)=C(C)N1. The van der Waals surface area contributed by atoms with Crippen LogP contribution in [0.5, 0.6) is 0 Å². The standard InChI is InChI=1S/C13H21N3/c1-6-7-11-15-10(5)12(13(14)16-11)9(4)8(2)3/h7,15H,6H2,1-5H3,(H2,14,16)/b11-7+. The Morgan fingerprint density at radius 1 is 1.38 bits per heavy atom. The van der Waals surface area contributed by atoms with Gasteiger partial charge >= 0.3 is 0 Å². The monoisotopic (exact) mass is 219 g/mol. The molecule has 88 valence electrons. The van der Waals surface area contributed by atoms with Gasteiger partial charge in [0.15, 0.2) is 0 Å². The lowest BCUT2D eigenvalue weighted by Gasteiger charge is -2.21. The number of hydrogen-bond acceptors (Lipinski definition) is 3. The Morgan fingerprint density at radius 3 is 2.44 bits per heavy atom. The predicted molar refractivity (Wildman–Crippen MR) is 69.9 cm³/mol. The quantitative estimate of drug-likeness (QED) is 0.750. The molecule has 0 amide bonds. The Kier molecular flexibility index (Phi) is 3.93. The van der Waals surface area contributed by atoms with E-state index in [1.165, 1.54) is 11.1 Å². The second-order valence-corrected chi connectivity index (χ2v) is 4.24. The van der Waals surface area contributed by atoms with Crippen LogP contribution in [-0.2, 0) is 0 Å². The van der Waals surface area contributed by atoms with Crippen LogP contribution in [-0.4, -0.2) is 5.84 Å². The number of nitrogens with one attached hydrogen (secondary N) is 1. The average molecular weight is 219 g/mol. The lowest BCUT2D eigenvalue weighted by molar-refractivity contribution is 0.897. The summed E-state index contributed by atoms with van der Waals surface area (Å²) in [6.07, 6.45) is 2.98. The zero-order valence-electron chi connectivity index (χ0n) is 10.8. The van der Waals surface area contributed by atoms with E-state index < -0.39 is 0 Å². The van der Waals surface area contributed by atoms with Crippen molar-refractivity contribution in [1.29, 1.82) is 0 Å². The molecular formula is C13H21N3. The molecule has 0 bridgehead atoms. The number of allylic oxidation sites excluding steroid dienone is 3. The molecular weight excluding hydrogens is 198 g/mol. The Hall–Kier alpha value is -1.51. The van der Waals surface area contributed by atoms with E-state index in [1.54, 1.807) is 0 Å². The topological polar surface area (TPSA) is 50.4 Å². The van der Waals surface area contributed by atoms with E-state index in [0.717, 1.165) is 23.5 Å². The van der Waals surface area contributed by atoms with Crippen molar-refractivity contribution in [2.45, 2.75) is 41.0 Å². The second kappa shape index (κ2) is 5.01. The summed E-state index contributed by atoms with van der Waals surface area (Å²) in [6, 6.07) is 0. The smallest absolute Gasteiger partial charge is 0.135 e. The van der Waals surface area contributed by atoms with Crippen molar-refractivity contribution in [3.63, 3.8) is 0 Å². The van der Waals surface area contributed by atoms with E-state index in [4.69, 9.17) is 5.73 Å². The third kappa shape index (κ3) is 2.54. The molecule has 0 fully saturated rings. The van der Waals surface area contributed by atoms with Crippen molar-refractivity contribution >= 4 is 5.84 Å². The van der Waals surface area contributed by atoms with Crippen LogP contribution in [0.15, 0.2) is 39.3 Å². The van der Waals surface area contributed by atoms with E-state index in [-0.39, 0.29) is 0 Å². The minimum absolute atomic E-state index is 0.606. The molecule has 1 heterocycles. The molecule has 0 aromatic heterocycles. The third-order valence-electron chi connectivity index (χ3n) is 2.71. The van der Waals surface area contributed by atoms with E-state index in [9.17, 15) is 0 Å². The van der Waals surface area contributed by atoms with E-state index in [2.05, 4.69) is 38.0 Å². The van der Waals surface area contributed by atoms with Gasteiger partial charge in [-0.05, 0) is 45.8 Å². The van der Waals surface area contributed by atoms with Gasteiger partial charge in [-0.3, -0.25) is 0 Å². The van der Waals surface area contributed by atoms with Crippen LogP contribution in [0.3, 0.4) is 0 Å². The first-order chi connectivity index (χ1) is 7.47. The molecule has 16 heavy (non-hydrogen) atoms.